The van der Waals surface area contributed by atoms with E-state index in [0.29, 0.717) is 18.3 Å². The molecule has 0 unspecified atom stereocenters. The fourth-order valence-corrected chi connectivity index (χ4v) is 1.54. The number of carbonyl (C=O) groups excluding carboxylic acids is 1. The van der Waals surface area contributed by atoms with Gasteiger partial charge in [0, 0.05) is 12.6 Å². The molecule has 1 aliphatic rings. The molecule has 0 saturated heterocycles. The summed E-state index contributed by atoms with van der Waals surface area (Å²) in [5, 5.41) is 13.8. The fraction of sp³-hybridized carbons (Fsp3) is 0.545. The molecule has 1 saturated carbocycles. The molecule has 1 fully saturated rings. The number of nitrogens with one attached hydrogen (secondary N) is 2. The van der Waals surface area contributed by atoms with Crippen LogP contribution in [-0.2, 0) is 0 Å². The minimum atomic E-state index is -0.176. The SMILES string of the molecule is CCNC(=O)c1ccc(NC2CCC2)nn1. The second-order valence-corrected chi connectivity index (χ2v) is 3.94. The Morgan fingerprint density at radius 1 is 1.44 bits per heavy atom. The first-order valence-corrected chi connectivity index (χ1v) is 5.68. The monoisotopic (exact) mass is 220 g/mol. The lowest BCUT2D eigenvalue weighted by molar-refractivity contribution is 0.0950. The van der Waals surface area contributed by atoms with Crippen molar-refractivity contribution in [2.45, 2.75) is 32.2 Å². The molecular formula is C11H16N4O. The van der Waals surface area contributed by atoms with E-state index in [2.05, 4.69) is 20.8 Å². The van der Waals surface area contributed by atoms with Crippen molar-refractivity contribution < 1.29 is 4.79 Å². The van der Waals surface area contributed by atoms with Crippen molar-refractivity contribution in [3.05, 3.63) is 17.8 Å². The summed E-state index contributed by atoms with van der Waals surface area (Å²) in [5.74, 6) is 0.572. The molecule has 0 atom stereocenters. The van der Waals surface area contributed by atoms with E-state index in [1.54, 1.807) is 12.1 Å². The number of anilines is 1. The Labute approximate surface area is 94.6 Å². The van der Waals surface area contributed by atoms with Gasteiger partial charge in [0.15, 0.2) is 5.69 Å². The molecule has 1 amide bonds. The van der Waals surface area contributed by atoms with E-state index in [1.807, 2.05) is 6.92 Å². The maximum absolute atomic E-state index is 11.4. The third-order valence-electron chi connectivity index (χ3n) is 2.69. The highest BCUT2D eigenvalue weighted by Gasteiger charge is 2.17. The lowest BCUT2D eigenvalue weighted by Gasteiger charge is -2.26. The predicted octanol–water partition coefficient (Wildman–Crippen LogP) is 1.19. The van der Waals surface area contributed by atoms with Crippen molar-refractivity contribution in [2.24, 2.45) is 0 Å². The lowest BCUT2D eigenvalue weighted by Crippen LogP contribution is -2.28. The van der Waals surface area contributed by atoms with Gasteiger partial charge in [-0.3, -0.25) is 4.79 Å². The van der Waals surface area contributed by atoms with Gasteiger partial charge in [0.1, 0.15) is 5.82 Å². The van der Waals surface area contributed by atoms with Crippen LogP contribution in [-0.4, -0.2) is 28.7 Å². The van der Waals surface area contributed by atoms with Crippen LogP contribution < -0.4 is 10.6 Å². The summed E-state index contributed by atoms with van der Waals surface area (Å²) in [6.07, 6.45) is 3.67. The highest BCUT2D eigenvalue weighted by Crippen LogP contribution is 2.21. The zero-order chi connectivity index (χ0) is 11.4. The molecule has 86 valence electrons. The minimum Gasteiger partial charge on any atom is -0.366 e. The summed E-state index contributed by atoms with van der Waals surface area (Å²) >= 11 is 0. The van der Waals surface area contributed by atoms with Crippen LogP contribution in [0.15, 0.2) is 12.1 Å². The molecule has 0 aliphatic heterocycles. The summed E-state index contributed by atoms with van der Waals surface area (Å²) < 4.78 is 0. The quantitative estimate of drug-likeness (QED) is 0.800. The third kappa shape index (κ3) is 2.48. The highest BCUT2D eigenvalue weighted by molar-refractivity contribution is 5.92. The van der Waals surface area contributed by atoms with Crippen LogP contribution in [0.3, 0.4) is 0 Å². The van der Waals surface area contributed by atoms with Crippen molar-refractivity contribution in [3.8, 4) is 0 Å². The molecule has 0 bridgehead atoms. The molecule has 5 heteroatoms. The minimum absolute atomic E-state index is 0.176. The zero-order valence-corrected chi connectivity index (χ0v) is 9.36. The summed E-state index contributed by atoms with van der Waals surface area (Å²) in [5.41, 5.74) is 0.362. The van der Waals surface area contributed by atoms with E-state index in [1.165, 1.54) is 19.3 Å². The molecule has 2 N–H and O–H groups in total. The van der Waals surface area contributed by atoms with Gasteiger partial charge in [0.2, 0.25) is 0 Å². The first-order chi connectivity index (χ1) is 7.79. The van der Waals surface area contributed by atoms with Gasteiger partial charge in [-0.25, -0.2) is 0 Å². The zero-order valence-electron chi connectivity index (χ0n) is 9.36. The van der Waals surface area contributed by atoms with Crippen molar-refractivity contribution in [1.29, 1.82) is 0 Å². The number of hydrogen-bond acceptors (Lipinski definition) is 4. The standard InChI is InChI=1S/C11H16N4O/c1-2-12-11(16)9-6-7-10(15-14-9)13-8-4-3-5-8/h6-8H,2-5H2,1H3,(H,12,16)(H,13,15). The largest absolute Gasteiger partial charge is 0.366 e. The second kappa shape index (κ2) is 4.92. The molecule has 0 aromatic carbocycles. The Balaban J connectivity index is 1.95. The van der Waals surface area contributed by atoms with E-state index in [4.69, 9.17) is 0 Å². The molecule has 1 heterocycles. The van der Waals surface area contributed by atoms with Gasteiger partial charge >= 0.3 is 0 Å². The number of aromatic nitrogens is 2. The average Bonchev–Trinajstić information content (AvgIpc) is 2.25. The maximum Gasteiger partial charge on any atom is 0.271 e. The Morgan fingerprint density at radius 2 is 2.25 bits per heavy atom. The summed E-state index contributed by atoms with van der Waals surface area (Å²) in [6.45, 7) is 2.47. The Kier molecular flexibility index (Phi) is 3.34. The third-order valence-corrected chi connectivity index (χ3v) is 2.69. The van der Waals surface area contributed by atoms with Crippen LogP contribution in [0.2, 0.25) is 0 Å². The van der Waals surface area contributed by atoms with Crippen molar-refractivity contribution in [1.82, 2.24) is 15.5 Å². The van der Waals surface area contributed by atoms with Crippen molar-refractivity contribution in [3.63, 3.8) is 0 Å². The van der Waals surface area contributed by atoms with E-state index in [0.717, 1.165) is 5.82 Å². The Hall–Kier alpha value is -1.65. The van der Waals surface area contributed by atoms with Crippen LogP contribution in [0.4, 0.5) is 5.82 Å². The van der Waals surface area contributed by atoms with Crippen LogP contribution in [0.5, 0.6) is 0 Å². The normalized spacial score (nSPS) is 15.3. The highest BCUT2D eigenvalue weighted by atomic mass is 16.1. The van der Waals surface area contributed by atoms with Gasteiger partial charge in [0.25, 0.3) is 5.91 Å². The molecule has 1 aliphatic carbocycles. The number of carbonyl (C=O) groups is 1. The van der Waals surface area contributed by atoms with E-state index < -0.39 is 0 Å². The van der Waals surface area contributed by atoms with Gasteiger partial charge in [-0.15, -0.1) is 10.2 Å². The second-order valence-electron chi connectivity index (χ2n) is 3.94. The molecular weight excluding hydrogens is 204 g/mol. The number of hydrogen-bond donors (Lipinski definition) is 2. The number of rotatable bonds is 4. The Bertz CT molecular complexity index is 359. The molecule has 5 nitrogen and oxygen atoms in total. The van der Waals surface area contributed by atoms with Crippen molar-refractivity contribution in [2.75, 3.05) is 11.9 Å². The predicted molar refractivity (Wildman–Crippen MR) is 61.3 cm³/mol. The lowest BCUT2D eigenvalue weighted by atomic mass is 9.93. The average molecular weight is 220 g/mol. The van der Waals surface area contributed by atoms with Crippen LogP contribution in [0.25, 0.3) is 0 Å². The Morgan fingerprint density at radius 3 is 2.75 bits per heavy atom. The van der Waals surface area contributed by atoms with Gasteiger partial charge in [-0.2, -0.15) is 0 Å². The van der Waals surface area contributed by atoms with Gasteiger partial charge in [-0.1, -0.05) is 0 Å². The fourth-order valence-electron chi connectivity index (χ4n) is 1.54. The molecule has 16 heavy (non-hydrogen) atoms. The van der Waals surface area contributed by atoms with Crippen LogP contribution in [0, 0.1) is 0 Å². The number of amides is 1. The van der Waals surface area contributed by atoms with Crippen LogP contribution in [0.1, 0.15) is 36.7 Å². The summed E-state index contributed by atoms with van der Waals surface area (Å²) in [4.78, 5) is 11.4. The summed E-state index contributed by atoms with van der Waals surface area (Å²) in [6, 6.07) is 4.03. The van der Waals surface area contributed by atoms with E-state index in [9.17, 15) is 4.79 Å². The molecule has 0 radical (unpaired) electrons. The van der Waals surface area contributed by atoms with Gasteiger partial charge < -0.3 is 10.6 Å². The van der Waals surface area contributed by atoms with Gasteiger partial charge in [0.05, 0.1) is 0 Å². The smallest absolute Gasteiger partial charge is 0.271 e. The molecule has 1 aromatic heterocycles. The maximum atomic E-state index is 11.4. The molecule has 1 aromatic rings. The summed E-state index contributed by atoms with van der Waals surface area (Å²) in [7, 11) is 0. The van der Waals surface area contributed by atoms with E-state index in [-0.39, 0.29) is 5.91 Å². The number of nitrogens with zero attached hydrogens (tertiary/aromatic N) is 2. The molecule has 2 rings (SSSR count). The van der Waals surface area contributed by atoms with E-state index >= 15 is 0 Å². The first-order valence-electron chi connectivity index (χ1n) is 5.68. The van der Waals surface area contributed by atoms with Crippen LogP contribution >= 0.6 is 0 Å². The topological polar surface area (TPSA) is 66.9 Å². The molecule has 0 spiro atoms. The first kappa shape index (κ1) is 10.9. The van der Waals surface area contributed by atoms with Gasteiger partial charge in [-0.05, 0) is 38.3 Å². The van der Waals surface area contributed by atoms with Crippen molar-refractivity contribution >= 4 is 11.7 Å².